The van der Waals surface area contributed by atoms with Crippen molar-refractivity contribution in [1.29, 1.82) is 0 Å². The molecule has 0 spiro atoms. The SMILES string of the molecule is CNc1ncnc2c1ccn2[C@@H]1C[C@H](CNCC(F)(F)CNCCc2ccc3ccccc3c2)[C@H]2OC(C)(C)O[C@H]21. The van der Waals surface area contributed by atoms with E-state index in [1.807, 2.05) is 45.3 Å². The lowest BCUT2D eigenvalue weighted by Gasteiger charge is -2.25. The first-order valence-electron chi connectivity index (χ1n) is 14.3. The Morgan fingerprint density at radius 1 is 1.00 bits per heavy atom. The van der Waals surface area contributed by atoms with Gasteiger partial charge in [-0.15, -0.1) is 0 Å². The number of nitrogens with zero attached hydrogens (tertiary/aromatic N) is 3. The molecule has 2 fully saturated rings. The van der Waals surface area contributed by atoms with Crippen LogP contribution in [-0.2, 0) is 15.9 Å². The van der Waals surface area contributed by atoms with Crippen molar-refractivity contribution in [3.63, 3.8) is 0 Å². The van der Waals surface area contributed by atoms with Crippen molar-refractivity contribution in [3.05, 3.63) is 66.6 Å². The van der Waals surface area contributed by atoms with Gasteiger partial charge in [0.1, 0.15) is 23.9 Å². The van der Waals surface area contributed by atoms with Crippen LogP contribution in [0.4, 0.5) is 14.6 Å². The molecule has 1 aliphatic heterocycles. The summed E-state index contributed by atoms with van der Waals surface area (Å²) in [6, 6.07) is 16.4. The van der Waals surface area contributed by atoms with E-state index in [4.69, 9.17) is 9.47 Å². The maximum absolute atomic E-state index is 14.8. The smallest absolute Gasteiger partial charge is 0.272 e. The molecule has 8 nitrogen and oxygen atoms in total. The predicted molar refractivity (Wildman–Crippen MR) is 156 cm³/mol. The minimum absolute atomic E-state index is 0.0199. The number of hydrogen-bond donors (Lipinski definition) is 3. The molecule has 10 heteroatoms. The van der Waals surface area contributed by atoms with Crippen LogP contribution >= 0.6 is 0 Å². The van der Waals surface area contributed by atoms with E-state index in [9.17, 15) is 8.78 Å². The van der Waals surface area contributed by atoms with Crippen LogP contribution in [0, 0.1) is 5.92 Å². The highest BCUT2D eigenvalue weighted by Crippen LogP contribution is 2.47. The number of ether oxygens (including phenoxy) is 2. The van der Waals surface area contributed by atoms with Crippen molar-refractivity contribution in [1.82, 2.24) is 25.2 Å². The number of benzene rings is 2. The summed E-state index contributed by atoms with van der Waals surface area (Å²) in [6.45, 7) is 3.94. The van der Waals surface area contributed by atoms with Gasteiger partial charge in [-0.2, -0.15) is 0 Å². The van der Waals surface area contributed by atoms with Crippen molar-refractivity contribution in [3.8, 4) is 0 Å². The first-order valence-corrected chi connectivity index (χ1v) is 14.3. The number of fused-ring (bicyclic) bond motifs is 3. The molecule has 0 unspecified atom stereocenters. The van der Waals surface area contributed by atoms with Crippen LogP contribution in [0.2, 0.25) is 0 Å². The summed E-state index contributed by atoms with van der Waals surface area (Å²) in [4.78, 5) is 8.83. The Morgan fingerprint density at radius 2 is 1.78 bits per heavy atom. The first-order chi connectivity index (χ1) is 19.7. The van der Waals surface area contributed by atoms with Gasteiger partial charge in [-0.05, 0) is 55.6 Å². The maximum Gasteiger partial charge on any atom is 0.272 e. The lowest BCUT2D eigenvalue weighted by molar-refractivity contribution is -0.160. The zero-order valence-electron chi connectivity index (χ0n) is 23.7. The molecule has 218 valence electrons. The second-order valence-corrected chi connectivity index (χ2v) is 11.7. The third kappa shape index (κ3) is 5.92. The van der Waals surface area contributed by atoms with E-state index in [1.54, 1.807) is 6.33 Å². The highest BCUT2D eigenvalue weighted by Gasteiger charge is 2.54. The Labute approximate surface area is 238 Å². The van der Waals surface area contributed by atoms with E-state index in [-0.39, 0.29) is 30.7 Å². The molecule has 2 aromatic heterocycles. The summed E-state index contributed by atoms with van der Waals surface area (Å²) in [5.41, 5.74) is 1.95. The summed E-state index contributed by atoms with van der Waals surface area (Å²) in [5, 5.41) is 12.4. The van der Waals surface area contributed by atoms with Crippen molar-refractivity contribution in [2.75, 3.05) is 38.5 Å². The molecule has 0 bridgehead atoms. The van der Waals surface area contributed by atoms with Crippen molar-refractivity contribution < 1.29 is 18.3 Å². The molecule has 0 radical (unpaired) electrons. The molecule has 0 amide bonds. The molecule has 1 aliphatic carbocycles. The van der Waals surface area contributed by atoms with Gasteiger partial charge in [-0.25, -0.2) is 18.7 Å². The molecule has 1 saturated carbocycles. The summed E-state index contributed by atoms with van der Waals surface area (Å²) in [6.07, 6.45) is 4.59. The zero-order valence-corrected chi connectivity index (χ0v) is 23.7. The Hall–Kier alpha value is -3.18. The lowest BCUT2D eigenvalue weighted by atomic mass is 10.1. The van der Waals surface area contributed by atoms with Crippen LogP contribution in [0.3, 0.4) is 0 Å². The molecular formula is C31H38F2N6O2. The quantitative estimate of drug-likeness (QED) is 0.227. The molecule has 3 N–H and O–H groups in total. The van der Waals surface area contributed by atoms with E-state index >= 15 is 0 Å². The van der Waals surface area contributed by atoms with Crippen molar-refractivity contribution >= 4 is 27.6 Å². The van der Waals surface area contributed by atoms with Gasteiger partial charge in [0, 0.05) is 25.7 Å². The van der Waals surface area contributed by atoms with E-state index < -0.39 is 18.3 Å². The fourth-order valence-electron chi connectivity index (χ4n) is 6.37. The van der Waals surface area contributed by atoms with E-state index in [1.165, 1.54) is 5.39 Å². The van der Waals surface area contributed by atoms with Crippen LogP contribution in [0.15, 0.2) is 61.1 Å². The average molecular weight is 565 g/mol. The molecule has 3 heterocycles. The molecule has 6 rings (SSSR count). The number of aromatic nitrogens is 3. The van der Waals surface area contributed by atoms with Crippen LogP contribution in [0.1, 0.15) is 31.9 Å². The average Bonchev–Trinajstić information content (AvgIpc) is 3.62. The normalized spacial score (nSPS) is 23.8. The van der Waals surface area contributed by atoms with Gasteiger partial charge in [0.2, 0.25) is 0 Å². The summed E-state index contributed by atoms with van der Waals surface area (Å²) in [7, 11) is 1.83. The van der Waals surface area contributed by atoms with Gasteiger partial charge in [-0.3, -0.25) is 0 Å². The Morgan fingerprint density at radius 3 is 2.61 bits per heavy atom. The van der Waals surface area contributed by atoms with Gasteiger partial charge in [0.25, 0.3) is 5.92 Å². The maximum atomic E-state index is 14.8. The Kier molecular flexibility index (Phi) is 7.67. The molecule has 41 heavy (non-hydrogen) atoms. The minimum atomic E-state index is -2.87. The van der Waals surface area contributed by atoms with Crippen molar-refractivity contribution in [2.45, 2.75) is 56.6 Å². The van der Waals surface area contributed by atoms with Gasteiger partial charge >= 0.3 is 0 Å². The Balaban J connectivity index is 1.03. The highest BCUT2D eigenvalue weighted by molar-refractivity contribution is 5.87. The predicted octanol–water partition coefficient (Wildman–Crippen LogP) is 4.76. The van der Waals surface area contributed by atoms with Crippen molar-refractivity contribution in [2.24, 2.45) is 5.92 Å². The summed E-state index contributed by atoms with van der Waals surface area (Å²) < 4.78 is 44.3. The third-order valence-electron chi connectivity index (χ3n) is 8.23. The topological polar surface area (TPSA) is 85.3 Å². The summed E-state index contributed by atoms with van der Waals surface area (Å²) >= 11 is 0. The fraction of sp³-hybridized carbons (Fsp3) is 0.484. The molecule has 4 atom stereocenters. The van der Waals surface area contributed by atoms with E-state index in [2.05, 4.69) is 60.8 Å². The number of nitrogens with one attached hydrogen (secondary N) is 3. The second kappa shape index (κ2) is 11.2. The molecule has 2 aromatic carbocycles. The van der Waals surface area contributed by atoms with E-state index in [0.29, 0.717) is 19.5 Å². The van der Waals surface area contributed by atoms with Gasteiger partial charge in [0.05, 0.1) is 30.6 Å². The standard InChI is InChI=1S/C31H38F2N6O2/c1-30(2)40-26-23(15-25(27(26)41-30)39-13-11-24-28(34-3)37-19-38-29(24)39)16-36-18-31(32,33)17-35-12-10-20-8-9-21-6-4-5-7-22(21)14-20/h4-9,11,13-14,19,23,25-27,35-36H,10,12,15-18H2,1-3H3,(H,34,37,38)/t23-,25-,26-,27+/m1/s1. The number of alkyl halides is 2. The minimum Gasteiger partial charge on any atom is -0.372 e. The number of halogens is 2. The number of rotatable bonds is 11. The van der Waals surface area contributed by atoms with E-state index in [0.717, 1.165) is 34.2 Å². The molecule has 2 aliphatic rings. The van der Waals surface area contributed by atoms with Crippen LogP contribution in [0.25, 0.3) is 21.8 Å². The third-order valence-corrected chi connectivity index (χ3v) is 8.23. The van der Waals surface area contributed by atoms with Gasteiger partial charge < -0.3 is 30.0 Å². The Bertz CT molecular complexity index is 1510. The van der Waals surface area contributed by atoms with Crippen LogP contribution in [0.5, 0.6) is 0 Å². The fourth-order valence-corrected chi connectivity index (χ4v) is 6.37. The van der Waals surface area contributed by atoms with Gasteiger partial charge in [0.15, 0.2) is 5.79 Å². The molecular weight excluding hydrogens is 526 g/mol. The van der Waals surface area contributed by atoms with Gasteiger partial charge in [-0.1, -0.05) is 42.5 Å². The zero-order chi connectivity index (χ0) is 28.6. The summed E-state index contributed by atoms with van der Waals surface area (Å²) in [5.74, 6) is -2.83. The second-order valence-electron chi connectivity index (χ2n) is 11.7. The highest BCUT2D eigenvalue weighted by atomic mass is 19.3. The largest absolute Gasteiger partial charge is 0.372 e. The molecule has 1 saturated heterocycles. The van der Waals surface area contributed by atoms with Crippen LogP contribution < -0.4 is 16.0 Å². The van der Waals surface area contributed by atoms with Crippen LogP contribution in [-0.4, -0.2) is 71.7 Å². The monoisotopic (exact) mass is 564 g/mol. The first kappa shape index (κ1) is 28.0. The number of anilines is 1. The molecule has 4 aromatic rings. The lowest BCUT2D eigenvalue weighted by Crippen LogP contribution is -2.44. The number of hydrogen-bond acceptors (Lipinski definition) is 7.